The number of halogens is 1. The van der Waals surface area contributed by atoms with E-state index in [1.54, 1.807) is 9.80 Å². The molecule has 2 heterocycles. The van der Waals surface area contributed by atoms with Crippen LogP contribution in [0.4, 0.5) is 0 Å². The van der Waals surface area contributed by atoms with Crippen molar-refractivity contribution in [1.29, 1.82) is 0 Å². The van der Waals surface area contributed by atoms with E-state index in [2.05, 4.69) is 0 Å². The van der Waals surface area contributed by atoms with Crippen LogP contribution in [0.5, 0.6) is 11.5 Å². The zero-order valence-electron chi connectivity index (χ0n) is 23.7. The highest BCUT2D eigenvalue weighted by atomic mass is 35.5. The lowest BCUT2D eigenvalue weighted by Gasteiger charge is -2.43. The number of methoxy groups -OCH3 is 1. The molecule has 41 heavy (non-hydrogen) atoms. The minimum Gasteiger partial charge on any atom is -0.496 e. The summed E-state index contributed by atoms with van der Waals surface area (Å²) in [5.41, 5.74) is 1.13. The number of carbonyl (C=O) groups is 2. The zero-order chi connectivity index (χ0) is 29.9. The van der Waals surface area contributed by atoms with Crippen LogP contribution in [0.2, 0.25) is 5.02 Å². The molecule has 3 N–H and O–H groups in total. The van der Waals surface area contributed by atoms with Gasteiger partial charge >= 0.3 is 0 Å². The molecule has 0 bridgehead atoms. The van der Waals surface area contributed by atoms with Gasteiger partial charge in [0, 0.05) is 43.0 Å². The Morgan fingerprint density at radius 3 is 2.37 bits per heavy atom. The second-order valence-corrected chi connectivity index (χ2v) is 13.1. The number of sulfonamides is 1. The van der Waals surface area contributed by atoms with E-state index >= 15 is 0 Å². The lowest BCUT2D eigenvalue weighted by molar-refractivity contribution is -0.137. The topological polar surface area (TPSA) is 139 Å². The summed E-state index contributed by atoms with van der Waals surface area (Å²) in [6.07, 6.45) is 2.09. The van der Waals surface area contributed by atoms with Gasteiger partial charge in [0.15, 0.2) is 0 Å². The first-order valence-electron chi connectivity index (χ1n) is 13.7. The Morgan fingerprint density at radius 1 is 1.10 bits per heavy atom. The van der Waals surface area contributed by atoms with Gasteiger partial charge in [0.2, 0.25) is 15.9 Å². The number of hydrogen-bond acceptors (Lipinski definition) is 7. The second-order valence-electron chi connectivity index (χ2n) is 11.2. The average molecular weight is 608 g/mol. The van der Waals surface area contributed by atoms with E-state index in [0.717, 1.165) is 11.1 Å². The zero-order valence-corrected chi connectivity index (χ0v) is 25.3. The maximum absolute atomic E-state index is 13.8. The van der Waals surface area contributed by atoms with Crippen molar-refractivity contribution < 1.29 is 32.6 Å². The van der Waals surface area contributed by atoms with Crippen molar-refractivity contribution in [3.8, 4) is 11.5 Å². The number of aryl methyl sites for hydroxylation is 2. The van der Waals surface area contributed by atoms with Gasteiger partial charge in [-0.05, 0) is 81.0 Å². The van der Waals surface area contributed by atoms with Crippen molar-refractivity contribution in [3.05, 3.63) is 52.0 Å². The number of piperidine rings is 2. The number of nitrogens with zero attached hydrogens (tertiary/aromatic N) is 2. The van der Waals surface area contributed by atoms with E-state index in [4.69, 9.17) is 26.2 Å². The molecule has 2 amide bonds. The Kier molecular flexibility index (Phi) is 9.52. The summed E-state index contributed by atoms with van der Waals surface area (Å²) < 4.78 is 35.6. The fourth-order valence-electron chi connectivity index (χ4n) is 5.67. The van der Waals surface area contributed by atoms with Crippen LogP contribution in [-0.2, 0) is 14.8 Å². The Hall–Kier alpha value is -2.86. The van der Waals surface area contributed by atoms with Crippen molar-refractivity contribution in [1.82, 2.24) is 9.80 Å². The van der Waals surface area contributed by atoms with E-state index in [-0.39, 0.29) is 41.7 Å². The Morgan fingerprint density at radius 2 is 1.76 bits per heavy atom. The number of ether oxygens (including phenoxy) is 2. The highest BCUT2D eigenvalue weighted by Crippen LogP contribution is 2.38. The van der Waals surface area contributed by atoms with Gasteiger partial charge in [-0.1, -0.05) is 11.6 Å². The molecule has 0 aliphatic carbocycles. The Balaban J connectivity index is 1.62. The number of aliphatic hydroxyl groups excluding tert-OH is 1. The summed E-state index contributed by atoms with van der Waals surface area (Å²) in [5.74, 6) is 0.392. The minimum absolute atomic E-state index is 0.0490. The number of carbonyl (C=O) groups excluding carboxylic acids is 2. The Labute approximate surface area is 246 Å². The van der Waals surface area contributed by atoms with Gasteiger partial charge in [0.1, 0.15) is 11.5 Å². The number of rotatable bonds is 8. The van der Waals surface area contributed by atoms with Crippen LogP contribution in [0.3, 0.4) is 0 Å². The lowest BCUT2D eigenvalue weighted by atomic mass is 9.77. The largest absolute Gasteiger partial charge is 0.496 e. The van der Waals surface area contributed by atoms with Crippen LogP contribution in [0.25, 0.3) is 0 Å². The molecule has 2 aliphatic rings. The number of benzene rings is 2. The standard InChI is InChI=1S/C29H38ClN3O7S/c1-19-13-22(14-20(2)27(19)30)40-18-29(16-26(35)32-11-7-21(34)8-12-32)9-4-10-33(17-29)28(36)24-15-23(41(31,37)38)5-6-25(24)39-3/h5-6,13-15,21,34H,4,7-12,16-18H2,1-3H3,(H2,31,37,38)/t29-/m1/s1. The summed E-state index contributed by atoms with van der Waals surface area (Å²) in [6, 6.07) is 7.64. The number of aliphatic hydroxyl groups is 1. The van der Waals surface area contributed by atoms with Gasteiger partial charge in [0.25, 0.3) is 5.91 Å². The third-order valence-electron chi connectivity index (χ3n) is 7.98. The first kappa shape index (κ1) is 31.1. The van der Waals surface area contributed by atoms with Crippen LogP contribution in [0.1, 0.15) is 53.6 Å². The predicted octanol–water partition coefficient (Wildman–Crippen LogP) is 3.29. The van der Waals surface area contributed by atoms with Crippen molar-refractivity contribution >= 4 is 33.4 Å². The number of nitrogens with two attached hydrogens (primary N) is 1. The smallest absolute Gasteiger partial charge is 0.257 e. The molecule has 12 heteroatoms. The molecule has 0 unspecified atom stereocenters. The maximum atomic E-state index is 13.8. The third-order valence-corrected chi connectivity index (χ3v) is 9.48. The van der Waals surface area contributed by atoms with Crippen LogP contribution in [-0.4, -0.2) is 81.1 Å². The van der Waals surface area contributed by atoms with Gasteiger partial charge in [-0.25, -0.2) is 13.6 Å². The van der Waals surface area contributed by atoms with E-state index in [1.165, 1.54) is 25.3 Å². The van der Waals surface area contributed by atoms with Crippen LogP contribution >= 0.6 is 11.6 Å². The molecule has 10 nitrogen and oxygen atoms in total. The predicted molar refractivity (Wildman–Crippen MR) is 155 cm³/mol. The van der Waals surface area contributed by atoms with Crippen molar-refractivity contribution in [2.24, 2.45) is 10.6 Å². The fraction of sp³-hybridized carbons (Fsp3) is 0.517. The first-order valence-corrected chi connectivity index (χ1v) is 15.6. The maximum Gasteiger partial charge on any atom is 0.257 e. The van der Waals surface area contributed by atoms with Crippen molar-refractivity contribution in [2.45, 2.75) is 57.0 Å². The van der Waals surface area contributed by atoms with E-state index < -0.39 is 27.4 Å². The first-order chi connectivity index (χ1) is 19.3. The highest BCUT2D eigenvalue weighted by molar-refractivity contribution is 7.89. The van der Waals surface area contributed by atoms with E-state index in [9.17, 15) is 23.1 Å². The molecular formula is C29H38ClN3O7S. The van der Waals surface area contributed by atoms with Crippen molar-refractivity contribution in [2.75, 3.05) is 39.9 Å². The number of amides is 2. The minimum atomic E-state index is -4.04. The third kappa shape index (κ3) is 7.32. The number of hydrogen-bond donors (Lipinski definition) is 2. The number of primary sulfonamides is 1. The molecule has 0 aromatic heterocycles. The summed E-state index contributed by atoms with van der Waals surface area (Å²) in [7, 11) is -2.64. The van der Waals surface area contributed by atoms with E-state index in [1.807, 2.05) is 26.0 Å². The van der Waals surface area contributed by atoms with Crippen molar-refractivity contribution in [3.63, 3.8) is 0 Å². The highest BCUT2D eigenvalue weighted by Gasteiger charge is 2.42. The monoisotopic (exact) mass is 607 g/mol. The lowest BCUT2D eigenvalue weighted by Crippen LogP contribution is -2.51. The normalized spacial score (nSPS) is 20.1. The quantitative estimate of drug-likeness (QED) is 0.469. The summed E-state index contributed by atoms with van der Waals surface area (Å²) >= 11 is 6.34. The van der Waals surface area contributed by atoms with Gasteiger partial charge in [-0.2, -0.15) is 0 Å². The SMILES string of the molecule is COc1ccc(S(N)(=O)=O)cc1C(=O)N1CCC[C@@](COc2cc(C)c(Cl)c(C)c2)(CC(=O)N2CCC(O)CC2)C1. The van der Waals surface area contributed by atoms with Crippen LogP contribution in [0.15, 0.2) is 35.2 Å². The fourth-order valence-corrected chi connectivity index (χ4v) is 6.32. The average Bonchev–Trinajstić information content (AvgIpc) is 2.94. The summed E-state index contributed by atoms with van der Waals surface area (Å²) in [6.45, 7) is 5.59. The van der Waals surface area contributed by atoms with Gasteiger partial charge in [-0.3, -0.25) is 9.59 Å². The molecule has 0 saturated carbocycles. The molecule has 2 aliphatic heterocycles. The van der Waals surface area contributed by atoms with Crippen LogP contribution in [0, 0.1) is 19.3 Å². The molecule has 4 rings (SSSR count). The molecule has 0 radical (unpaired) electrons. The molecule has 224 valence electrons. The second kappa shape index (κ2) is 12.6. The van der Waals surface area contributed by atoms with Gasteiger partial charge < -0.3 is 24.4 Å². The van der Waals surface area contributed by atoms with E-state index in [0.29, 0.717) is 56.1 Å². The van der Waals surface area contributed by atoms with Crippen LogP contribution < -0.4 is 14.6 Å². The summed E-state index contributed by atoms with van der Waals surface area (Å²) in [5, 5.41) is 15.9. The van der Waals surface area contributed by atoms with Gasteiger partial charge in [0.05, 0.1) is 30.3 Å². The molecule has 1 atom stereocenters. The molecular weight excluding hydrogens is 570 g/mol. The van der Waals surface area contributed by atoms with Gasteiger partial charge in [-0.15, -0.1) is 0 Å². The molecule has 2 saturated heterocycles. The number of likely N-dealkylation sites (tertiary alicyclic amines) is 2. The summed E-state index contributed by atoms with van der Waals surface area (Å²) in [4.78, 5) is 30.5. The molecule has 0 spiro atoms. The Bertz CT molecular complexity index is 1390. The molecule has 2 aromatic carbocycles. The molecule has 2 fully saturated rings. The molecule has 2 aromatic rings.